The summed E-state index contributed by atoms with van der Waals surface area (Å²) in [6.45, 7) is 2.12. The van der Waals surface area contributed by atoms with E-state index < -0.39 is 4.92 Å². The summed E-state index contributed by atoms with van der Waals surface area (Å²) in [6, 6.07) is 4.71. The van der Waals surface area contributed by atoms with Gasteiger partial charge in [0, 0.05) is 25.6 Å². The Hall–Kier alpha value is -1.91. The number of hydrogen-bond acceptors (Lipinski definition) is 3. The van der Waals surface area contributed by atoms with Crippen molar-refractivity contribution in [2.75, 3.05) is 11.4 Å². The smallest absolute Gasteiger partial charge is 0.271 e. The number of rotatable bonds is 1. The molecule has 5 heteroatoms. The van der Waals surface area contributed by atoms with Crippen LogP contribution >= 0.6 is 0 Å². The van der Waals surface area contributed by atoms with E-state index >= 15 is 0 Å². The normalized spacial score (nSPS) is 14.4. The molecule has 0 atom stereocenters. The van der Waals surface area contributed by atoms with Gasteiger partial charge in [-0.05, 0) is 18.4 Å². The van der Waals surface area contributed by atoms with E-state index in [1.165, 1.54) is 19.1 Å². The van der Waals surface area contributed by atoms with Crippen LogP contribution in [0.2, 0.25) is 0 Å². The van der Waals surface area contributed by atoms with Gasteiger partial charge in [0.15, 0.2) is 0 Å². The van der Waals surface area contributed by atoms with Crippen molar-refractivity contribution in [2.24, 2.45) is 0 Å². The van der Waals surface area contributed by atoms with Crippen molar-refractivity contribution in [3.63, 3.8) is 0 Å². The summed E-state index contributed by atoms with van der Waals surface area (Å²) in [7, 11) is 0. The van der Waals surface area contributed by atoms with Gasteiger partial charge in [-0.15, -0.1) is 0 Å². The number of hydrogen-bond donors (Lipinski definition) is 0. The molecule has 0 unspecified atom stereocenters. The number of non-ortho nitro benzene ring substituents is 1. The van der Waals surface area contributed by atoms with Gasteiger partial charge in [-0.3, -0.25) is 14.9 Å². The molecule has 1 aromatic carbocycles. The largest absolute Gasteiger partial charge is 0.312 e. The highest BCUT2D eigenvalue weighted by Crippen LogP contribution is 2.30. The molecule has 1 aromatic rings. The molecule has 0 spiro atoms. The fraction of sp³-hybridized carbons (Fsp3) is 0.364. The average Bonchev–Trinajstić information content (AvgIpc) is 2.27. The van der Waals surface area contributed by atoms with Gasteiger partial charge in [0.25, 0.3) is 5.69 Å². The summed E-state index contributed by atoms with van der Waals surface area (Å²) in [4.78, 5) is 23.2. The third-order valence-electron chi connectivity index (χ3n) is 2.78. The Kier molecular flexibility index (Phi) is 2.60. The Labute approximate surface area is 92.8 Å². The fourth-order valence-electron chi connectivity index (χ4n) is 2.00. The maximum Gasteiger partial charge on any atom is 0.271 e. The summed E-state index contributed by atoms with van der Waals surface area (Å²) in [6.07, 6.45) is 1.78. The second kappa shape index (κ2) is 3.92. The number of benzene rings is 1. The van der Waals surface area contributed by atoms with Gasteiger partial charge >= 0.3 is 0 Å². The maximum absolute atomic E-state index is 11.4. The van der Waals surface area contributed by atoms with E-state index in [1.807, 2.05) is 0 Å². The molecule has 1 aliphatic rings. The first kappa shape index (κ1) is 10.6. The van der Waals surface area contributed by atoms with Crippen LogP contribution in [0.3, 0.4) is 0 Å². The summed E-state index contributed by atoms with van der Waals surface area (Å²) in [5, 5.41) is 10.7. The minimum Gasteiger partial charge on any atom is -0.312 e. The summed E-state index contributed by atoms with van der Waals surface area (Å²) >= 11 is 0. The number of aryl methyl sites for hydroxylation is 1. The number of carbonyl (C=O) groups excluding carboxylic acids is 1. The number of amides is 1. The van der Waals surface area contributed by atoms with Crippen LogP contribution in [-0.4, -0.2) is 17.4 Å². The number of nitro groups is 1. The zero-order chi connectivity index (χ0) is 11.7. The van der Waals surface area contributed by atoms with Gasteiger partial charge in [0.05, 0.1) is 10.6 Å². The van der Waals surface area contributed by atoms with Crippen LogP contribution in [0.4, 0.5) is 11.4 Å². The molecule has 2 rings (SSSR count). The summed E-state index contributed by atoms with van der Waals surface area (Å²) in [5.74, 6) is -0.0681. The van der Waals surface area contributed by atoms with Crippen LogP contribution in [0.25, 0.3) is 0 Å². The standard InChI is InChI=1S/C11H12N2O3/c1-8(14)12-6-2-3-9-4-5-10(13(15)16)7-11(9)12/h4-5,7H,2-3,6H2,1H3. The molecule has 16 heavy (non-hydrogen) atoms. The van der Waals surface area contributed by atoms with Gasteiger partial charge in [0.1, 0.15) is 0 Å². The van der Waals surface area contributed by atoms with E-state index in [-0.39, 0.29) is 11.6 Å². The molecule has 0 aliphatic carbocycles. The van der Waals surface area contributed by atoms with Crippen molar-refractivity contribution in [1.29, 1.82) is 0 Å². The third kappa shape index (κ3) is 1.76. The Morgan fingerprint density at radius 3 is 2.88 bits per heavy atom. The minimum absolute atomic E-state index is 0.0342. The van der Waals surface area contributed by atoms with Crippen molar-refractivity contribution >= 4 is 17.3 Å². The topological polar surface area (TPSA) is 63.5 Å². The van der Waals surface area contributed by atoms with E-state index in [4.69, 9.17) is 0 Å². The van der Waals surface area contributed by atoms with Crippen LogP contribution in [0, 0.1) is 10.1 Å². The molecule has 84 valence electrons. The minimum atomic E-state index is -0.437. The predicted octanol–water partition coefficient (Wildman–Crippen LogP) is 1.89. The molecule has 1 aliphatic heterocycles. The summed E-state index contributed by atoms with van der Waals surface area (Å²) < 4.78 is 0. The predicted molar refractivity (Wildman–Crippen MR) is 59.4 cm³/mol. The van der Waals surface area contributed by atoms with Gasteiger partial charge in [0.2, 0.25) is 5.91 Å². The lowest BCUT2D eigenvalue weighted by Crippen LogP contribution is -2.33. The summed E-state index contributed by atoms with van der Waals surface area (Å²) in [5.41, 5.74) is 1.73. The zero-order valence-corrected chi connectivity index (χ0v) is 8.97. The van der Waals surface area contributed by atoms with E-state index in [1.54, 1.807) is 11.0 Å². The molecule has 0 N–H and O–H groups in total. The fourth-order valence-corrected chi connectivity index (χ4v) is 2.00. The van der Waals surface area contributed by atoms with Gasteiger partial charge in [-0.25, -0.2) is 0 Å². The molecule has 1 heterocycles. The molecular formula is C11H12N2O3. The second-order valence-electron chi connectivity index (χ2n) is 3.84. The number of anilines is 1. The molecule has 0 saturated heterocycles. The second-order valence-corrected chi connectivity index (χ2v) is 3.84. The first-order valence-electron chi connectivity index (χ1n) is 5.15. The lowest BCUT2D eigenvalue weighted by atomic mass is 10.0. The van der Waals surface area contributed by atoms with Crippen molar-refractivity contribution in [1.82, 2.24) is 0 Å². The van der Waals surface area contributed by atoms with E-state index in [0.29, 0.717) is 12.2 Å². The first-order valence-corrected chi connectivity index (χ1v) is 5.15. The highest BCUT2D eigenvalue weighted by atomic mass is 16.6. The van der Waals surface area contributed by atoms with Crippen LogP contribution < -0.4 is 4.90 Å². The van der Waals surface area contributed by atoms with Gasteiger partial charge in [-0.2, -0.15) is 0 Å². The molecule has 5 nitrogen and oxygen atoms in total. The zero-order valence-electron chi connectivity index (χ0n) is 8.97. The SMILES string of the molecule is CC(=O)N1CCCc2ccc([N+](=O)[O-])cc21. The highest BCUT2D eigenvalue weighted by molar-refractivity contribution is 5.93. The molecule has 0 radical (unpaired) electrons. The maximum atomic E-state index is 11.4. The van der Waals surface area contributed by atoms with Gasteiger partial charge in [-0.1, -0.05) is 6.07 Å². The first-order chi connectivity index (χ1) is 7.59. The average molecular weight is 220 g/mol. The van der Waals surface area contributed by atoms with Gasteiger partial charge < -0.3 is 4.90 Å². The lowest BCUT2D eigenvalue weighted by molar-refractivity contribution is -0.384. The molecule has 0 saturated carbocycles. The molecule has 0 bridgehead atoms. The highest BCUT2D eigenvalue weighted by Gasteiger charge is 2.22. The quantitative estimate of drug-likeness (QED) is 0.536. The van der Waals surface area contributed by atoms with Crippen LogP contribution in [0.15, 0.2) is 18.2 Å². The molecule has 1 amide bonds. The van der Waals surface area contributed by atoms with Crippen LogP contribution in [0.5, 0.6) is 0 Å². The Bertz CT molecular complexity index is 457. The van der Waals surface area contributed by atoms with Crippen molar-refractivity contribution < 1.29 is 9.72 Å². The number of carbonyl (C=O) groups is 1. The van der Waals surface area contributed by atoms with E-state index in [9.17, 15) is 14.9 Å². The number of nitro benzene ring substituents is 1. The van der Waals surface area contributed by atoms with E-state index in [0.717, 1.165) is 18.4 Å². The van der Waals surface area contributed by atoms with Crippen molar-refractivity contribution in [3.8, 4) is 0 Å². The Morgan fingerprint density at radius 2 is 2.25 bits per heavy atom. The van der Waals surface area contributed by atoms with Crippen LogP contribution in [-0.2, 0) is 11.2 Å². The molecule has 0 aromatic heterocycles. The van der Waals surface area contributed by atoms with Crippen LogP contribution in [0.1, 0.15) is 18.9 Å². The Balaban J connectivity index is 2.48. The van der Waals surface area contributed by atoms with Crippen molar-refractivity contribution in [2.45, 2.75) is 19.8 Å². The lowest BCUT2D eigenvalue weighted by Gasteiger charge is -2.28. The number of fused-ring (bicyclic) bond motifs is 1. The molecule has 0 fully saturated rings. The third-order valence-corrected chi connectivity index (χ3v) is 2.78. The Morgan fingerprint density at radius 1 is 1.50 bits per heavy atom. The number of nitrogens with zero attached hydrogens (tertiary/aromatic N) is 2. The monoisotopic (exact) mass is 220 g/mol. The van der Waals surface area contributed by atoms with Crippen molar-refractivity contribution in [3.05, 3.63) is 33.9 Å². The van der Waals surface area contributed by atoms with E-state index in [2.05, 4.69) is 0 Å². The molecular weight excluding hydrogens is 208 g/mol.